The van der Waals surface area contributed by atoms with Gasteiger partial charge in [0.05, 0.1) is 5.56 Å². The molecule has 0 amide bonds. The number of hydrogen-bond acceptors (Lipinski definition) is 3. The molecule has 108 valence electrons. The molecule has 6 heteroatoms. The lowest BCUT2D eigenvalue weighted by molar-refractivity contribution is 0.446. The zero-order valence-electron chi connectivity index (χ0n) is 11.1. The van der Waals surface area contributed by atoms with Crippen LogP contribution in [0.15, 0.2) is 34.7 Å². The van der Waals surface area contributed by atoms with Gasteiger partial charge in [0.15, 0.2) is 23.0 Å². The fraction of sp³-hybridized carbons (Fsp3) is 0.133. The van der Waals surface area contributed by atoms with Gasteiger partial charge in [-0.05, 0) is 36.9 Å². The summed E-state index contributed by atoms with van der Waals surface area (Å²) in [7, 11) is 1.81. The average molecular weight is 292 g/mol. The summed E-state index contributed by atoms with van der Waals surface area (Å²) in [5.74, 6) is -4.17. The Hall–Kier alpha value is -2.34. The van der Waals surface area contributed by atoms with Crippen molar-refractivity contribution in [3.05, 3.63) is 53.3 Å². The summed E-state index contributed by atoms with van der Waals surface area (Å²) in [6.45, 7) is 0.644. The van der Waals surface area contributed by atoms with Crippen molar-refractivity contribution in [3.8, 4) is 11.5 Å². The van der Waals surface area contributed by atoms with Crippen LogP contribution in [0.25, 0.3) is 22.6 Å². The highest BCUT2D eigenvalue weighted by Crippen LogP contribution is 2.28. The normalized spacial score (nSPS) is 11.2. The summed E-state index contributed by atoms with van der Waals surface area (Å²) < 4.78 is 45.4. The second kappa shape index (κ2) is 5.21. The molecule has 0 bridgehead atoms. The number of rotatable bonds is 3. The van der Waals surface area contributed by atoms with Gasteiger partial charge in [0.25, 0.3) is 0 Å². The molecule has 0 unspecified atom stereocenters. The van der Waals surface area contributed by atoms with Crippen LogP contribution in [0.5, 0.6) is 0 Å². The Bertz CT molecular complexity index is 814. The number of halogens is 3. The molecule has 0 atom stereocenters. The Balaban J connectivity index is 2.11. The Labute approximate surface area is 118 Å². The lowest BCUT2D eigenvalue weighted by Crippen LogP contribution is -2.04. The monoisotopic (exact) mass is 292 g/mol. The van der Waals surface area contributed by atoms with Crippen LogP contribution in [0.3, 0.4) is 0 Å². The van der Waals surface area contributed by atoms with Crippen LogP contribution in [-0.2, 0) is 6.54 Å². The van der Waals surface area contributed by atoms with E-state index < -0.39 is 17.5 Å². The molecule has 1 N–H and O–H groups in total. The van der Waals surface area contributed by atoms with E-state index in [1.807, 2.05) is 13.1 Å². The zero-order valence-corrected chi connectivity index (χ0v) is 11.1. The van der Waals surface area contributed by atoms with Crippen molar-refractivity contribution in [2.45, 2.75) is 6.54 Å². The third-order valence-corrected chi connectivity index (χ3v) is 3.10. The quantitative estimate of drug-likeness (QED) is 0.749. The van der Waals surface area contributed by atoms with Crippen molar-refractivity contribution >= 4 is 11.1 Å². The molecule has 3 aromatic rings. The largest absolute Gasteiger partial charge is 0.436 e. The smallest absolute Gasteiger partial charge is 0.230 e. The first-order chi connectivity index (χ1) is 10.1. The highest BCUT2D eigenvalue weighted by Gasteiger charge is 2.18. The lowest BCUT2D eigenvalue weighted by atomic mass is 10.2. The Morgan fingerprint density at radius 2 is 1.90 bits per heavy atom. The fourth-order valence-electron chi connectivity index (χ4n) is 2.09. The first kappa shape index (κ1) is 13.6. The lowest BCUT2D eigenvalue weighted by Gasteiger charge is -2.00. The molecule has 1 heterocycles. The van der Waals surface area contributed by atoms with E-state index >= 15 is 0 Å². The van der Waals surface area contributed by atoms with Gasteiger partial charge in [-0.1, -0.05) is 6.07 Å². The molecule has 0 fully saturated rings. The molecule has 0 saturated carbocycles. The molecule has 3 rings (SSSR count). The number of benzene rings is 2. The SMILES string of the molecule is CNCc1ccc2nc(-c3ccc(F)c(F)c3F)oc2c1. The number of nitrogens with one attached hydrogen (secondary N) is 1. The summed E-state index contributed by atoms with van der Waals surface area (Å²) in [5.41, 5.74) is 1.74. The molecule has 2 aromatic carbocycles. The average Bonchev–Trinajstić information content (AvgIpc) is 2.88. The third-order valence-electron chi connectivity index (χ3n) is 3.10. The van der Waals surface area contributed by atoms with Gasteiger partial charge in [0.1, 0.15) is 5.52 Å². The number of nitrogens with zero attached hydrogens (tertiary/aromatic N) is 1. The number of hydrogen-bond donors (Lipinski definition) is 1. The van der Waals surface area contributed by atoms with Crippen LogP contribution in [0.1, 0.15) is 5.56 Å². The van der Waals surface area contributed by atoms with Crippen molar-refractivity contribution in [2.75, 3.05) is 7.05 Å². The Morgan fingerprint density at radius 3 is 2.67 bits per heavy atom. The molecule has 0 aliphatic carbocycles. The van der Waals surface area contributed by atoms with Crippen molar-refractivity contribution in [3.63, 3.8) is 0 Å². The standard InChI is InChI=1S/C15H11F3N2O/c1-19-7-8-2-5-11-12(6-8)21-15(20-11)9-3-4-10(16)14(18)13(9)17/h2-6,19H,7H2,1H3. The van der Waals surface area contributed by atoms with Gasteiger partial charge in [0.2, 0.25) is 5.89 Å². The van der Waals surface area contributed by atoms with E-state index in [9.17, 15) is 13.2 Å². The fourth-order valence-corrected chi connectivity index (χ4v) is 2.09. The van der Waals surface area contributed by atoms with Crippen LogP contribution in [-0.4, -0.2) is 12.0 Å². The molecular weight excluding hydrogens is 281 g/mol. The van der Waals surface area contributed by atoms with E-state index in [2.05, 4.69) is 10.3 Å². The van der Waals surface area contributed by atoms with Crippen LogP contribution < -0.4 is 5.32 Å². The summed E-state index contributed by atoms with van der Waals surface area (Å²) in [6.07, 6.45) is 0. The van der Waals surface area contributed by atoms with E-state index in [0.717, 1.165) is 17.7 Å². The molecule has 3 nitrogen and oxygen atoms in total. The molecule has 0 spiro atoms. The van der Waals surface area contributed by atoms with E-state index in [1.165, 1.54) is 0 Å². The van der Waals surface area contributed by atoms with Crippen molar-refractivity contribution < 1.29 is 17.6 Å². The van der Waals surface area contributed by atoms with E-state index in [4.69, 9.17) is 4.42 Å². The molecule has 0 radical (unpaired) electrons. The van der Waals surface area contributed by atoms with Gasteiger partial charge >= 0.3 is 0 Å². The van der Waals surface area contributed by atoms with Gasteiger partial charge in [-0.25, -0.2) is 18.2 Å². The van der Waals surface area contributed by atoms with Gasteiger partial charge in [-0.2, -0.15) is 0 Å². The number of fused-ring (bicyclic) bond motifs is 1. The first-order valence-corrected chi connectivity index (χ1v) is 6.28. The van der Waals surface area contributed by atoms with E-state index in [0.29, 0.717) is 17.6 Å². The maximum absolute atomic E-state index is 13.8. The summed E-state index contributed by atoms with van der Waals surface area (Å²) in [5, 5.41) is 3.00. The predicted molar refractivity (Wildman–Crippen MR) is 72.1 cm³/mol. The topological polar surface area (TPSA) is 38.1 Å². The minimum atomic E-state index is -1.54. The highest BCUT2D eigenvalue weighted by atomic mass is 19.2. The first-order valence-electron chi connectivity index (χ1n) is 6.28. The molecule has 0 saturated heterocycles. The van der Waals surface area contributed by atoms with Gasteiger partial charge < -0.3 is 9.73 Å². The summed E-state index contributed by atoms with van der Waals surface area (Å²) in [6, 6.07) is 7.29. The molecule has 21 heavy (non-hydrogen) atoms. The second-order valence-corrected chi connectivity index (χ2v) is 4.57. The van der Waals surface area contributed by atoms with Crippen molar-refractivity contribution in [1.29, 1.82) is 0 Å². The molecule has 0 aliphatic heterocycles. The zero-order chi connectivity index (χ0) is 15.0. The highest BCUT2D eigenvalue weighted by molar-refractivity contribution is 5.77. The predicted octanol–water partition coefficient (Wildman–Crippen LogP) is 3.63. The van der Waals surface area contributed by atoms with Gasteiger partial charge in [0, 0.05) is 6.54 Å². The van der Waals surface area contributed by atoms with E-state index in [-0.39, 0.29) is 11.5 Å². The van der Waals surface area contributed by atoms with Crippen LogP contribution >= 0.6 is 0 Å². The van der Waals surface area contributed by atoms with Gasteiger partial charge in [-0.3, -0.25) is 0 Å². The minimum absolute atomic E-state index is 0.0805. The van der Waals surface area contributed by atoms with Crippen LogP contribution in [0.2, 0.25) is 0 Å². The molecule has 0 aliphatic rings. The second-order valence-electron chi connectivity index (χ2n) is 4.57. The van der Waals surface area contributed by atoms with E-state index in [1.54, 1.807) is 12.1 Å². The molecule has 1 aromatic heterocycles. The van der Waals surface area contributed by atoms with Crippen LogP contribution in [0.4, 0.5) is 13.2 Å². The maximum Gasteiger partial charge on any atom is 0.230 e. The Morgan fingerprint density at radius 1 is 1.10 bits per heavy atom. The third kappa shape index (κ3) is 2.38. The molecular formula is C15H11F3N2O. The summed E-state index contributed by atoms with van der Waals surface area (Å²) >= 11 is 0. The number of oxazole rings is 1. The van der Waals surface area contributed by atoms with Crippen LogP contribution in [0, 0.1) is 17.5 Å². The van der Waals surface area contributed by atoms with Crippen molar-refractivity contribution in [1.82, 2.24) is 10.3 Å². The maximum atomic E-state index is 13.8. The summed E-state index contributed by atoms with van der Waals surface area (Å²) in [4.78, 5) is 4.10. The number of aromatic nitrogens is 1. The Kier molecular flexibility index (Phi) is 3.39. The minimum Gasteiger partial charge on any atom is -0.436 e. The van der Waals surface area contributed by atoms with Gasteiger partial charge in [-0.15, -0.1) is 0 Å². The van der Waals surface area contributed by atoms with Crippen molar-refractivity contribution in [2.24, 2.45) is 0 Å².